The molecule has 0 saturated carbocycles. The van der Waals surface area contributed by atoms with Gasteiger partial charge in [-0.1, -0.05) is 0 Å². The molecule has 0 bridgehead atoms. The number of ketones is 1. The van der Waals surface area contributed by atoms with Crippen molar-refractivity contribution in [1.29, 1.82) is 0 Å². The maximum atomic E-state index is 12.3. The lowest BCUT2D eigenvalue weighted by molar-refractivity contribution is -0.116. The molecule has 9 heteroatoms. The number of pyridine rings is 1. The molecule has 0 aromatic carbocycles. The van der Waals surface area contributed by atoms with Gasteiger partial charge in [0, 0.05) is 31.8 Å². The molecule has 0 saturated heterocycles. The van der Waals surface area contributed by atoms with E-state index in [9.17, 15) is 19.2 Å². The van der Waals surface area contributed by atoms with E-state index in [1.165, 1.54) is 42.3 Å². The molecule has 0 fully saturated rings. The summed E-state index contributed by atoms with van der Waals surface area (Å²) in [5, 5.41) is 2.87. The number of hydrogen-bond donors (Lipinski definition) is 1. The molecule has 0 aliphatic rings. The Morgan fingerprint density at radius 2 is 1.89 bits per heavy atom. The van der Waals surface area contributed by atoms with E-state index >= 15 is 0 Å². The zero-order valence-electron chi connectivity index (χ0n) is 15.1. The van der Waals surface area contributed by atoms with E-state index < -0.39 is 11.2 Å². The number of hydrogen-bond acceptors (Lipinski definition) is 6. The van der Waals surface area contributed by atoms with Gasteiger partial charge >= 0.3 is 5.69 Å². The van der Waals surface area contributed by atoms with Crippen molar-refractivity contribution >= 4 is 39.7 Å². The van der Waals surface area contributed by atoms with Crippen molar-refractivity contribution < 1.29 is 9.59 Å². The maximum absolute atomic E-state index is 12.3. The summed E-state index contributed by atoms with van der Waals surface area (Å²) in [6.45, 7) is 1.92. The van der Waals surface area contributed by atoms with Crippen molar-refractivity contribution in [3.8, 4) is 0 Å². The molecule has 8 nitrogen and oxygen atoms in total. The van der Waals surface area contributed by atoms with Crippen LogP contribution in [0.3, 0.4) is 0 Å². The highest BCUT2D eigenvalue weighted by molar-refractivity contribution is 7.14. The molecule has 0 unspecified atom stereocenters. The summed E-state index contributed by atoms with van der Waals surface area (Å²) in [4.78, 5) is 54.2. The van der Waals surface area contributed by atoms with Crippen LogP contribution in [0.4, 0.5) is 5.69 Å². The third-order valence-electron chi connectivity index (χ3n) is 4.17. The summed E-state index contributed by atoms with van der Waals surface area (Å²) in [5.41, 5.74) is -0.383. The highest BCUT2D eigenvalue weighted by Gasteiger charge is 2.13. The number of aromatic nitrogens is 3. The summed E-state index contributed by atoms with van der Waals surface area (Å²) in [6, 6.07) is 5.10. The summed E-state index contributed by atoms with van der Waals surface area (Å²) in [7, 11) is 2.90. The second-order valence-electron chi connectivity index (χ2n) is 6.18. The summed E-state index contributed by atoms with van der Waals surface area (Å²) < 4.78 is 2.25. The van der Waals surface area contributed by atoms with Gasteiger partial charge in [-0.25, -0.2) is 9.78 Å². The van der Waals surface area contributed by atoms with Gasteiger partial charge in [0.05, 0.1) is 22.1 Å². The standard InChI is InChI=1S/C18H18N4O4S/c1-10-4-6-14(27-10)13(23)5-7-15(24)20-11-8-12-16(19-9-11)21(2)18(26)22(3)17(12)25/h4,6,8-9H,5,7H2,1-3H3,(H,20,24). The van der Waals surface area contributed by atoms with Gasteiger partial charge in [0.15, 0.2) is 5.78 Å². The number of amides is 1. The molecule has 1 amide bonds. The molecule has 3 heterocycles. The molecule has 1 N–H and O–H groups in total. The van der Waals surface area contributed by atoms with Crippen LogP contribution in [-0.4, -0.2) is 25.8 Å². The topological polar surface area (TPSA) is 103 Å². The first-order valence-electron chi connectivity index (χ1n) is 8.23. The molecule has 0 radical (unpaired) electrons. The van der Waals surface area contributed by atoms with E-state index in [0.717, 1.165) is 9.44 Å². The molecule has 0 aliphatic carbocycles. The Labute approximate surface area is 158 Å². The highest BCUT2D eigenvalue weighted by atomic mass is 32.1. The van der Waals surface area contributed by atoms with Crippen molar-refractivity contribution in [2.24, 2.45) is 14.1 Å². The minimum atomic E-state index is -0.486. The monoisotopic (exact) mass is 386 g/mol. The number of rotatable bonds is 5. The van der Waals surface area contributed by atoms with Gasteiger partial charge in [0.2, 0.25) is 5.91 Å². The maximum Gasteiger partial charge on any atom is 0.332 e. The molecule has 0 spiro atoms. The predicted octanol–water partition coefficient (Wildman–Crippen LogP) is 1.60. The molecule has 3 aromatic heterocycles. The minimum Gasteiger partial charge on any atom is -0.325 e. The first-order chi connectivity index (χ1) is 12.8. The van der Waals surface area contributed by atoms with E-state index in [-0.39, 0.29) is 35.6 Å². The number of nitrogens with zero attached hydrogens (tertiary/aromatic N) is 3. The normalized spacial score (nSPS) is 10.9. The third-order valence-corrected chi connectivity index (χ3v) is 5.21. The lowest BCUT2D eigenvalue weighted by Crippen LogP contribution is -2.37. The predicted molar refractivity (Wildman–Crippen MR) is 103 cm³/mol. The highest BCUT2D eigenvalue weighted by Crippen LogP contribution is 2.18. The van der Waals surface area contributed by atoms with Crippen LogP contribution in [0.25, 0.3) is 11.0 Å². The number of thiophene rings is 1. The Morgan fingerprint density at radius 3 is 2.56 bits per heavy atom. The summed E-state index contributed by atoms with van der Waals surface area (Å²) in [5.74, 6) is -0.428. The number of anilines is 1. The number of fused-ring (bicyclic) bond motifs is 1. The Bertz CT molecular complexity index is 1170. The first kappa shape index (κ1) is 18.7. The minimum absolute atomic E-state index is 0.0269. The molecule has 0 aliphatic heterocycles. The van der Waals surface area contributed by atoms with Crippen molar-refractivity contribution in [3.05, 3.63) is 55.0 Å². The largest absolute Gasteiger partial charge is 0.332 e. The van der Waals surface area contributed by atoms with Crippen LogP contribution in [0.15, 0.2) is 34.0 Å². The lowest BCUT2D eigenvalue weighted by Gasteiger charge is -2.09. The molecular formula is C18H18N4O4S. The fourth-order valence-corrected chi connectivity index (χ4v) is 3.53. The number of Topliss-reactive ketones (excluding diaryl/α,β-unsaturated/α-hetero) is 1. The number of nitrogens with one attached hydrogen (secondary N) is 1. The second-order valence-corrected chi connectivity index (χ2v) is 7.47. The third kappa shape index (κ3) is 3.72. The number of carbonyl (C=O) groups is 2. The van der Waals surface area contributed by atoms with Crippen molar-refractivity contribution in [2.45, 2.75) is 19.8 Å². The smallest absolute Gasteiger partial charge is 0.325 e. The fraction of sp³-hybridized carbons (Fsp3) is 0.278. The van der Waals surface area contributed by atoms with Crippen LogP contribution in [-0.2, 0) is 18.9 Å². The molecule has 27 heavy (non-hydrogen) atoms. The zero-order valence-corrected chi connectivity index (χ0v) is 15.9. The van der Waals surface area contributed by atoms with Gasteiger partial charge in [0.1, 0.15) is 5.65 Å². The molecule has 3 aromatic rings. The molecule has 140 valence electrons. The Balaban J connectivity index is 1.74. The van der Waals surface area contributed by atoms with E-state index in [4.69, 9.17) is 0 Å². The van der Waals surface area contributed by atoms with Crippen molar-refractivity contribution in [2.75, 3.05) is 5.32 Å². The van der Waals surface area contributed by atoms with Crippen LogP contribution in [0, 0.1) is 6.92 Å². The SMILES string of the molecule is Cc1ccc(C(=O)CCC(=O)Nc2cnc3c(c2)c(=O)n(C)c(=O)n3C)s1. The average molecular weight is 386 g/mol. The zero-order chi connectivity index (χ0) is 19.7. The lowest BCUT2D eigenvalue weighted by atomic mass is 10.2. The van der Waals surface area contributed by atoms with E-state index in [2.05, 4.69) is 10.3 Å². The summed E-state index contributed by atoms with van der Waals surface area (Å²) >= 11 is 1.40. The Hall–Kier alpha value is -3.07. The van der Waals surface area contributed by atoms with Gasteiger partial charge in [-0.15, -0.1) is 11.3 Å². The molecule has 0 atom stereocenters. The van der Waals surface area contributed by atoms with Crippen LogP contribution >= 0.6 is 11.3 Å². The van der Waals surface area contributed by atoms with Crippen LogP contribution < -0.4 is 16.6 Å². The number of aryl methyl sites for hydroxylation is 2. The van der Waals surface area contributed by atoms with Gasteiger partial charge in [-0.2, -0.15) is 0 Å². The van der Waals surface area contributed by atoms with E-state index in [0.29, 0.717) is 10.6 Å². The molecule has 3 rings (SSSR count). The summed E-state index contributed by atoms with van der Waals surface area (Å²) in [6.07, 6.45) is 1.51. The van der Waals surface area contributed by atoms with Crippen LogP contribution in [0.2, 0.25) is 0 Å². The fourth-order valence-electron chi connectivity index (χ4n) is 2.69. The van der Waals surface area contributed by atoms with E-state index in [1.54, 1.807) is 6.07 Å². The Morgan fingerprint density at radius 1 is 1.15 bits per heavy atom. The van der Waals surface area contributed by atoms with Gasteiger partial charge in [-0.3, -0.25) is 23.5 Å². The Kier molecular flexibility index (Phi) is 5.04. The quantitative estimate of drug-likeness (QED) is 0.671. The van der Waals surface area contributed by atoms with Crippen molar-refractivity contribution in [1.82, 2.24) is 14.1 Å². The van der Waals surface area contributed by atoms with Gasteiger partial charge in [-0.05, 0) is 25.1 Å². The van der Waals surface area contributed by atoms with Gasteiger partial charge in [0.25, 0.3) is 5.56 Å². The molecular weight excluding hydrogens is 368 g/mol. The second kappa shape index (κ2) is 7.28. The van der Waals surface area contributed by atoms with Crippen LogP contribution in [0.1, 0.15) is 27.4 Å². The van der Waals surface area contributed by atoms with Gasteiger partial charge < -0.3 is 5.32 Å². The average Bonchev–Trinajstić information content (AvgIpc) is 3.09. The number of carbonyl (C=O) groups excluding carboxylic acids is 2. The van der Waals surface area contributed by atoms with E-state index in [1.807, 2.05) is 13.0 Å². The van der Waals surface area contributed by atoms with Crippen molar-refractivity contribution in [3.63, 3.8) is 0 Å². The van der Waals surface area contributed by atoms with Crippen LogP contribution in [0.5, 0.6) is 0 Å². The first-order valence-corrected chi connectivity index (χ1v) is 9.05.